The van der Waals surface area contributed by atoms with E-state index in [4.69, 9.17) is 0 Å². The Labute approximate surface area is 135 Å². The summed E-state index contributed by atoms with van der Waals surface area (Å²) < 4.78 is 0. The number of carbonyl (C=O) groups excluding carboxylic acids is 1. The monoisotopic (exact) mass is 308 g/mol. The molecule has 2 fully saturated rings. The fraction of sp³-hybridized carbons (Fsp3) is 0.368. The third-order valence-electron chi connectivity index (χ3n) is 5.40. The number of H-pyrrole nitrogens is 1. The van der Waals surface area contributed by atoms with E-state index < -0.39 is 0 Å². The number of rotatable bonds is 2. The van der Waals surface area contributed by atoms with Crippen LogP contribution in [0.25, 0.3) is 0 Å². The maximum absolute atomic E-state index is 12.9. The van der Waals surface area contributed by atoms with Gasteiger partial charge in [0.25, 0.3) is 11.5 Å². The lowest BCUT2D eigenvalue weighted by Crippen LogP contribution is -2.60. The highest BCUT2D eigenvalue weighted by Crippen LogP contribution is 2.58. The molecule has 1 aromatic carbocycles. The van der Waals surface area contributed by atoms with Gasteiger partial charge in [-0.15, -0.1) is 0 Å². The molecule has 1 aliphatic carbocycles. The van der Waals surface area contributed by atoms with Crippen LogP contribution in [0.2, 0.25) is 0 Å². The van der Waals surface area contributed by atoms with Gasteiger partial charge in [-0.2, -0.15) is 0 Å². The van der Waals surface area contributed by atoms with Crippen LogP contribution in [0.4, 0.5) is 0 Å². The Morgan fingerprint density at radius 1 is 1.09 bits per heavy atom. The summed E-state index contributed by atoms with van der Waals surface area (Å²) in [5.74, 6) is -0.154. The molecule has 2 aliphatic rings. The lowest BCUT2D eigenvalue weighted by molar-refractivity contribution is -0.0512. The fourth-order valence-electron chi connectivity index (χ4n) is 4.35. The molecular weight excluding hydrogens is 288 g/mol. The maximum Gasteiger partial charge on any atom is 0.260 e. The molecule has 1 atom stereocenters. The van der Waals surface area contributed by atoms with Crippen molar-refractivity contribution in [3.63, 3.8) is 0 Å². The topological polar surface area (TPSA) is 53.2 Å². The van der Waals surface area contributed by atoms with E-state index in [2.05, 4.69) is 17.1 Å². The number of hydrogen-bond donors (Lipinski definition) is 1. The number of benzene rings is 1. The molecule has 0 bridgehead atoms. The maximum atomic E-state index is 12.9. The lowest BCUT2D eigenvalue weighted by atomic mass is 9.67. The summed E-state index contributed by atoms with van der Waals surface area (Å²) in [6, 6.07) is 13.7. The van der Waals surface area contributed by atoms with Crippen molar-refractivity contribution in [3.8, 4) is 0 Å². The molecule has 0 radical (unpaired) electrons. The number of pyridine rings is 1. The molecule has 1 amide bonds. The average Bonchev–Trinajstić information content (AvgIpc) is 3.05. The normalized spacial score (nSPS) is 22.1. The van der Waals surface area contributed by atoms with E-state index in [0.29, 0.717) is 0 Å². The summed E-state index contributed by atoms with van der Waals surface area (Å²) in [5.41, 5.74) is 1.32. The minimum Gasteiger partial charge on any atom is -0.330 e. The van der Waals surface area contributed by atoms with E-state index in [1.54, 1.807) is 18.3 Å². The molecule has 1 saturated heterocycles. The van der Waals surface area contributed by atoms with Crippen molar-refractivity contribution in [2.24, 2.45) is 5.41 Å². The van der Waals surface area contributed by atoms with Crippen LogP contribution in [0, 0.1) is 5.41 Å². The summed E-state index contributed by atoms with van der Waals surface area (Å²) in [6.45, 7) is 0.764. The van der Waals surface area contributed by atoms with Gasteiger partial charge in [-0.25, -0.2) is 0 Å². The highest BCUT2D eigenvalue weighted by molar-refractivity contribution is 5.94. The number of carbonyl (C=O) groups is 1. The number of hydrogen-bond acceptors (Lipinski definition) is 2. The van der Waals surface area contributed by atoms with Gasteiger partial charge in [0, 0.05) is 18.2 Å². The summed E-state index contributed by atoms with van der Waals surface area (Å²) in [7, 11) is 0. The summed E-state index contributed by atoms with van der Waals surface area (Å²) >= 11 is 0. The molecule has 118 valence electrons. The van der Waals surface area contributed by atoms with Crippen LogP contribution in [-0.4, -0.2) is 22.3 Å². The second kappa shape index (κ2) is 5.37. The van der Waals surface area contributed by atoms with Gasteiger partial charge in [0.2, 0.25) is 0 Å². The average molecular weight is 308 g/mol. The van der Waals surface area contributed by atoms with Gasteiger partial charge in [0.05, 0.1) is 6.04 Å². The van der Waals surface area contributed by atoms with Crippen molar-refractivity contribution < 1.29 is 4.79 Å². The predicted molar refractivity (Wildman–Crippen MR) is 88.2 cm³/mol. The highest BCUT2D eigenvalue weighted by atomic mass is 16.2. The minimum atomic E-state index is -0.309. The number of aromatic amines is 1. The molecular formula is C19H20N2O2. The molecule has 2 heterocycles. The molecule has 1 aromatic heterocycles. The zero-order chi connectivity index (χ0) is 15.9. The first-order valence-corrected chi connectivity index (χ1v) is 8.25. The van der Waals surface area contributed by atoms with Gasteiger partial charge in [0.1, 0.15) is 5.56 Å². The molecule has 1 aliphatic heterocycles. The van der Waals surface area contributed by atoms with Crippen LogP contribution in [0.5, 0.6) is 0 Å². The summed E-state index contributed by atoms with van der Waals surface area (Å²) in [5, 5.41) is 0. The fourth-order valence-corrected chi connectivity index (χ4v) is 4.35. The first kappa shape index (κ1) is 14.2. The molecule has 1 saturated carbocycles. The quantitative estimate of drug-likeness (QED) is 0.926. The first-order valence-electron chi connectivity index (χ1n) is 8.25. The van der Waals surface area contributed by atoms with Gasteiger partial charge < -0.3 is 9.88 Å². The van der Waals surface area contributed by atoms with Crippen molar-refractivity contribution in [1.82, 2.24) is 9.88 Å². The van der Waals surface area contributed by atoms with Crippen LogP contribution >= 0.6 is 0 Å². The van der Waals surface area contributed by atoms with Gasteiger partial charge in [0.15, 0.2) is 0 Å². The van der Waals surface area contributed by atoms with E-state index in [0.717, 1.165) is 6.54 Å². The van der Waals surface area contributed by atoms with Gasteiger partial charge in [-0.3, -0.25) is 9.59 Å². The predicted octanol–water partition coefficient (Wildman–Crippen LogP) is 3.13. The molecule has 23 heavy (non-hydrogen) atoms. The van der Waals surface area contributed by atoms with E-state index >= 15 is 0 Å². The third-order valence-corrected chi connectivity index (χ3v) is 5.40. The molecule has 4 rings (SSSR count). The van der Waals surface area contributed by atoms with Crippen molar-refractivity contribution in [2.75, 3.05) is 6.54 Å². The molecule has 1 spiro atoms. The van der Waals surface area contributed by atoms with Gasteiger partial charge in [-0.05, 0) is 30.5 Å². The highest BCUT2D eigenvalue weighted by Gasteiger charge is 2.56. The first-order chi connectivity index (χ1) is 11.2. The van der Waals surface area contributed by atoms with Crippen molar-refractivity contribution >= 4 is 5.91 Å². The van der Waals surface area contributed by atoms with Gasteiger partial charge in [-0.1, -0.05) is 43.2 Å². The molecule has 1 N–H and O–H groups in total. The zero-order valence-electron chi connectivity index (χ0n) is 13.0. The van der Waals surface area contributed by atoms with E-state index in [1.165, 1.54) is 31.2 Å². The Hall–Kier alpha value is -2.36. The molecule has 2 aromatic rings. The second-order valence-corrected chi connectivity index (χ2v) is 6.73. The van der Waals surface area contributed by atoms with Crippen LogP contribution in [0.3, 0.4) is 0 Å². The van der Waals surface area contributed by atoms with Crippen LogP contribution < -0.4 is 5.56 Å². The number of nitrogens with one attached hydrogen (secondary N) is 1. The van der Waals surface area contributed by atoms with E-state index in [1.807, 2.05) is 23.1 Å². The number of aromatic nitrogens is 1. The summed E-state index contributed by atoms with van der Waals surface area (Å²) in [6.07, 6.45) is 6.36. The Bertz CT molecular complexity index is 775. The van der Waals surface area contributed by atoms with Gasteiger partial charge >= 0.3 is 0 Å². The SMILES string of the molecule is O=C(c1ccc[nH]c1=O)N1CC2(CCCC2)C1c1ccccc1. The Kier molecular flexibility index (Phi) is 3.33. The number of amides is 1. The third kappa shape index (κ3) is 2.21. The lowest BCUT2D eigenvalue weighted by Gasteiger charge is -2.56. The van der Waals surface area contributed by atoms with Crippen molar-refractivity contribution in [3.05, 3.63) is 70.1 Å². The second-order valence-electron chi connectivity index (χ2n) is 6.73. The standard InChI is InChI=1S/C19H20N2O2/c22-17-15(9-6-12-20-17)18(23)21-13-19(10-4-5-11-19)16(21)14-7-2-1-3-8-14/h1-3,6-9,12,16H,4-5,10-11,13H2,(H,20,22). The van der Waals surface area contributed by atoms with Crippen LogP contribution in [0.15, 0.2) is 53.5 Å². The van der Waals surface area contributed by atoms with E-state index in [9.17, 15) is 9.59 Å². The zero-order valence-corrected chi connectivity index (χ0v) is 13.0. The summed E-state index contributed by atoms with van der Waals surface area (Å²) in [4.78, 5) is 29.3. The smallest absolute Gasteiger partial charge is 0.260 e. The molecule has 1 unspecified atom stereocenters. The van der Waals surface area contributed by atoms with Crippen molar-refractivity contribution in [1.29, 1.82) is 0 Å². The number of likely N-dealkylation sites (tertiary alicyclic amines) is 1. The number of nitrogens with zero attached hydrogens (tertiary/aromatic N) is 1. The van der Waals surface area contributed by atoms with Crippen LogP contribution in [0.1, 0.15) is 47.6 Å². The largest absolute Gasteiger partial charge is 0.330 e. The minimum absolute atomic E-state index is 0.0957. The Morgan fingerprint density at radius 3 is 2.52 bits per heavy atom. The molecule has 4 heteroatoms. The van der Waals surface area contributed by atoms with Crippen molar-refractivity contribution in [2.45, 2.75) is 31.7 Å². The Balaban J connectivity index is 1.70. The Morgan fingerprint density at radius 2 is 1.83 bits per heavy atom. The van der Waals surface area contributed by atoms with E-state index in [-0.39, 0.29) is 28.5 Å². The molecule has 4 nitrogen and oxygen atoms in total. The van der Waals surface area contributed by atoms with Crippen LogP contribution in [-0.2, 0) is 0 Å².